The molecule has 28 heavy (non-hydrogen) atoms. The van der Waals surface area contributed by atoms with Gasteiger partial charge in [-0.05, 0) is 57.0 Å². The van der Waals surface area contributed by atoms with Gasteiger partial charge in [0.05, 0.1) is 17.6 Å². The Kier molecular flexibility index (Phi) is 6.82. The highest BCUT2D eigenvalue weighted by Crippen LogP contribution is 2.24. The van der Waals surface area contributed by atoms with Gasteiger partial charge in [0, 0.05) is 6.07 Å². The van der Waals surface area contributed by atoms with Gasteiger partial charge in [-0.15, -0.1) is 0 Å². The quantitative estimate of drug-likeness (QED) is 0.586. The van der Waals surface area contributed by atoms with Gasteiger partial charge < -0.3 is 9.30 Å². The van der Waals surface area contributed by atoms with Gasteiger partial charge in [-0.25, -0.2) is 13.6 Å². The Hall–Kier alpha value is -2.00. The molecule has 2 aromatic rings. The highest BCUT2D eigenvalue weighted by atomic mass is 79.9. The molecule has 0 aliphatic rings. The Morgan fingerprint density at radius 2 is 1.86 bits per heavy atom. The van der Waals surface area contributed by atoms with Gasteiger partial charge in [-0.2, -0.15) is 9.88 Å². The lowest BCUT2D eigenvalue weighted by Gasteiger charge is -2.25. The monoisotopic (exact) mass is 477 g/mol. The van der Waals surface area contributed by atoms with Crippen LogP contribution in [0.2, 0.25) is 5.28 Å². The molecule has 0 N–H and O–H groups in total. The van der Waals surface area contributed by atoms with E-state index in [9.17, 15) is 18.4 Å². The molecule has 0 fully saturated rings. The van der Waals surface area contributed by atoms with Crippen LogP contribution in [-0.4, -0.2) is 32.0 Å². The lowest BCUT2D eigenvalue weighted by Crippen LogP contribution is -2.44. The molecule has 0 spiro atoms. The van der Waals surface area contributed by atoms with Crippen molar-refractivity contribution in [2.45, 2.75) is 44.7 Å². The number of carbonyl (C=O) groups is 2. The average molecular weight is 479 g/mol. The fourth-order valence-electron chi connectivity index (χ4n) is 2.28. The van der Waals surface area contributed by atoms with E-state index in [2.05, 4.69) is 20.9 Å². The summed E-state index contributed by atoms with van der Waals surface area (Å²) in [6, 6.07) is 3.05. The SMILES string of the molecule is CC(Br)C(=O)N(C(=O)OC(C)(C)C)c1cn(Cc2cc(F)cc(F)c2)c(Cl)n1. The highest BCUT2D eigenvalue weighted by molar-refractivity contribution is 9.10. The third kappa shape index (κ3) is 5.75. The molecule has 0 saturated heterocycles. The molecule has 0 bridgehead atoms. The van der Waals surface area contributed by atoms with E-state index < -0.39 is 34.1 Å². The van der Waals surface area contributed by atoms with Crippen LogP contribution in [-0.2, 0) is 16.1 Å². The van der Waals surface area contributed by atoms with Crippen molar-refractivity contribution < 1.29 is 23.1 Å². The van der Waals surface area contributed by atoms with E-state index in [0.717, 1.165) is 23.1 Å². The standard InChI is InChI=1S/C18H19BrClF2N3O3/c1-10(19)15(26)25(17(27)28-18(2,3)4)14-9-24(16(20)23-14)8-11-5-12(21)7-13(22)6-11/h5-7,9-10H,8H2,1-4H3. The predicted molar refractivity (Wildman–Crippen MR) is 105 cm³/mol. The second kappa shape index (κ2) is 8.57. The van der Waals surface area contributed by atoms with Crippen LogP contribution >= 0.6 is 27.5 Å². The predicted octanol–water partition coefficient (Wildman–Crippen LogP) is 4.91. The number of carbonyl (C=O) groups excluding carboxylic acids is 2. The number of rotatable bonds is 4. The number of ether oxygens (including phenoxy) is 1. The first-order chi connectivity index (χ1) is 12.9. The van der Waals surface area contributed by atoms with Gasteiger partial charge in [0.25, 0.3) is 5.91 Å². The zero-order valence-corrected chi connectivity index (χ0v) is 18.0. The number of anilines is 1. The Morgan fingerprint density at radius 3 is 2.36 bits per heavy atom. The van der Waals surface area contributed by atoms with E-state index in [1.807, 2.05) is 0 Å². The summed E-state index contributed by atoms with van der Waals surface area (Å²) in [7, 11) is 0. The first kappa shape index (κ1) is 22.3. The summed E-state index contributed by atoms with van der Waals surface area (Å²) in [6.07, 6.45) is 0.421. The molecule has 152 valence electrons. The molecule has 2 amide bonds. The molecule has 2 rings (SSSR count). The molecule has 1 atom stereocenters. The number of imidazole rings is 1. The van der Waals surface area contributed by atoms with Gasteiger partial charge >= 0.3 is 6.09 Å². The largest absolute Gasteiger partial charge is 0.443 e. The van der Waals surface area contributed by atoms with Crippen LogP contribution in [0, 0.1) is 11.6 Å². The first-order valence-corrected chi connectivity index (χ1v) is 9.55. The molecule has 6 nitrogen and oxygen atoms in total. The number of hydrogen-bond acceptors (Lipinski definition) is 4. The number of hydrogen-bond donors (Lipinski definition) is 0. The second-order valence-corrected chi connectivity index (χ2v) is 8.76. The summed E-state index contributed by atoms with van der Waals surface area (Å²) in [4.78, 5) is 29.2. The number of alkyl halides is 1. The number of aromatic nitrogens is 2. The Bertz CT molecular complexity index is 876. The number of benzene rings is 1. The minimum absolute atomic E-state index is 0.0132. The zero-order chi connectivity index (χ0) is 21.2. The van der Waals surface area contributed by atoms with Crippen LogP contribution in [0.3, 0.4) is 0 Å². The van der Waals surface area contributed by atoms with Crippen molar-refractivity contribution >= 4 is 45.3 Å². The molecular weight excluding hydrogens is 460 g/mol. The number of imide groups is 1. The molecule has 0 saturated carbocycles. The average Bonchev–Trinajstić information content (AvgIpc) is 2.84. The van der Waals surface area contributed by atoms with Gasteiger partial charge in [0.1, 0.15) is 17.2 Å². The van der Waals surface area contributed by atoms with Crippen molar-refractivity contribution in [3.8, 4) is 0 Å². The maximum atomic E-state index is 13.4. The Balaban J connectivity index is 2.38. The van der Waals surface area contributed by atoms with Crippen molar-refractivity contribution in [3.05, 3.63) is 46.9 Å². The summed E-state index contributed by atoms with van der Waals surface area (Å²) in [5.41, 5.74) is -0.538. The maximum Gasteiger partial charge on any atom is 0.423 e. The van der Waals surface area contributed by atoms with Gasteiger partial charge in [0.2, 0.25) is 5.28 Å². The van der Waals surface area contributed by atoms with E-state index in [1.165, 1.54) is 10.8 Å². The molecular formula is C18H19BrClF2N3O3. The van der Waals surface area contributed by atoms with Crippen LogP contribution in [0.5, 0.6) is 0 Å². The summed E-state index contributed by atoms with van der Waals surface area (Å²) < 4.78 is 33.4. The molecule has 10 heteroatoms. The van der Waals surface area contributed by atoms with E-state index in [4.69, 9.17) is 16.3 Å². The summed E-state index contributed by atoms with van der Waals surface area (Å²) in [5.74, 6) is -2.13. The van der Waals surface area contributed by atoms with E-state index in [0.29, 0.717) is 5.56 Å². The van der Waals surface area contributed by atoms with E-state index in [-0.39, 0.29) is 17.6 Å². The molecule has 1 aromatic heterocycles. The Labute approximate surface area is 174 Å². The summed E-state index contributed by atoms with van der Waals surface area (Å²) >= 11 is 9.23. The lowest BCUT2D eigenvalue weighted by atomic mass is 10.2. The van der Waals surface area contributed by atoms with Crippen molar-refractivity contribution in [3.63, 3.8) is 0 Å². The third-order valence-corrected chi connectivity index (χ3v) is 4.05. The van der Waals surface area contributed by atoms with E-state index >= 15 is 0 Å². The summed E-state index contributed by atoms with van der Waals surface area (Å²) in [5, 5.41) is -0.0664. The number of amides is 2. The van der Waals surface area contributed by atoms with Crippen molar-refractivity contribution in [2.24, 2.45) is 0 Å². The smallest absolute Gasteiger partial charge is 0.423 e. The number of halogens is 4. The first-order valence-electron chi connectivity index (χ1n) is 8.26. The van der Waals surface area contributed by atoms with Crippen molar-refractivity contribution in [2.75, 3.05) is 4.90 Å². The highest BCUT2D eigenvalue weighted by Gasteiger charge is 2.33. The van der Waals surface area contributed by atoms with E-state index in [1.54, 1.807) is 27.7 Å². The topological polar surface area (TPSA) is 64.4 Å². The summed E-state index contributed by atoms with van der Waals surface area (Å²) in [6.45, 7) is 6.52. The van der Waals surface area contributed by atoms with Crippen LogP contribution < -0.4 is 4.90 Å². The second-order valence-electron chi connectivity index (χ2n) is 7.04. The minimum atomic E-state index is -0.915. The van der Waals surface area contributed by atoms with Crippen LogP contribution in [0.25, 0.3) is 0 Å². The molecule has 1 aromatic carbocycles. The molecule has 0 radical (unpaired) electrons. The normalized spacial score (nSPS) is 12.6. The fourth-order valence-corrected chi connectivity index (χ4v) is 2.68. The van der Waals surface area contributed by atoms with Gasteiger partial charge in [-0.3, -0.25) is 4.79 Å². The molecule has 0 aliphatic heterocycles. The minimum Gasteiger partial charge on any atom is -0.443 e. The lowest BCUT2D eigenvalue weighted by molar-refractivity contribution is -0.117. The van der Waals surface area contributed by atoms with Crippen LogP contribution in [0.1, 0.15) is 33.3 Å². The van der Waals surface area contributed by atoms with Crippen molar-refractivity contribution in [1.82, 2.24) is 9.55 Å². The van der Waals surface area contributed by atoms with Gasteiger partial charge in [0.15, 0.2) is 5.82 Å². The zero-order valence-electron chi connectivity index (χ0n) is 15.7. The fraction of sp³-hybridized carbons (Fsp3) is 0.389. The molecule has 0 aliphatic carbocycles. The maximum absolute atomic E-state index is 13.4. The number of nitrogens with zero attached hydrogens (tertiary/aromatic N) is 3. The Morgan fingerprint density at radius 1 is 1.29 bits per heavy atom. The van der Waals surface area contributed by atoms with Gasteiger partial charge in [-0.1, -0.05) is 15.9 Å². The molecule has 1 heterocycles. The van der Waals surface area contributed by atoms with Crippen molar-refractivity contribution in [1.29, 1.82) is 0 Å². The third-order valence-electron chi connectivity index (χ3n) is 3.36. The van der Waals surface area contributed by atoms with Crippen LogP contribution in [0.15, 0.2) is 24.4 Å². The molecule has 1 unspecified atom stereocenters. The van der Waals surface area contributed by atoms with Crippen LogP contribution in [0.4, 0.5) is 19.4 Å².